The van der Waals surface area contributed by atoms with Crippen LogP contribution >= 0.6 is 0 Å². The van der Waals surface area contributed by atoms with Crippen LogP contribution in [0.1, 0.15) is 105 Å². The summed E-state index contributed by atoms with van der Waals surface area (Å²) in [5.41, 5.74) is 6.87. The second kappa shape index (κ2) is 8.76. The molecule has 3 fully saturated rings. The van der Waals surface area contributed by atoms with Gasteiger partial charge < -0.3 is 0 Å². The fraction of sp³-hybridized carbons (Fsp3) is 0.714. The van der Waals surface area contributed by atoms with Crippen LogP contribution in [0.3, 0.4) is 0 Å². The van der Waals surface area contributed by atoms with Crippen LogP contribution in [-0.4, -0.2) is 0 Å². The Balaban J connectivity index is 1.77. The molecule has 0 bridgehead atoms. The number of fused-ring (bicyclic) bond motifs is 1. The third-order valence-electron chi connectivity index (χ3n) is 8.95. The average Bonchev–Trinajstić information content (AvgIpc) is 2.92. The molecular formula is C28H44. The Labute approximate surface area is 175 Å². The van der Waals surface area contributed by atoms with E-state index < -0.39 is 0 Å². The van der Waals surface area contributed by atoms with Crippen LogP contribution in [0, 0.1) is 22.7 Å². The van der Waals surface area contributed by atoms with E-state index in [9.17, 15) is 0 Å². The molecule has 3 aliphatic rings. The molecule has 0 saturated heterocycles. The summed E-state index contributed by atoms with van der Waals surface area (Å²) in [7, 11) is 0. The van der Waals surface area contributed by atoms with Crippen molar-refractivity contribution in [2.24, 2.45) is 22.7 Å². The van der Waals surface area contributed by atoms with Crippen molar-refractivity contribution in [3.8, 4) is 0 Å². The molecule has 0 heterocycles. The summed E-state index contributed by atoms with van der Waals surface area (Å²) in [5.74, 6) is 1.71. The summed E-state index contributed by atoms with van der Waals surface area (Å²) in [6.45, 7) is 18.4. The molecule has 3 saturated carbocycles. The molecule has 0 aliphatic heterocycles. The standard InChI is InChI=1S/C28H44/c1-21(2)11-9-13-23(4)26-18-20-27(5)25(15-10-19-28(26,27)6)17-16-24-14-8-7-12-22(24)3/h16-17,23,26H,1,3,7-15,18-20H2,2,4-6H3/b24-16-,25-17+/t23-,26?,27+,28?/m1/s1. The number of hydrogen-bond donors (Lipinski definition) is 0. The molecule has 0 heteroatoms. The van der Waals surface area contributed by atoms with Gasteiger partial charge in [0.2, 0.25) is 0 Å². The first-order valence-electron chi connectivity index (χ1n) is 12.0. The van der Waals surface area contributed by atoms with Crippen molar-refractivity contribution in [3.05, 3.63) is 47.6 Å². The van der Waals surface area contributed by atoms with Crippen LogP contribution in [-0.2, 0) is 0 Å². The molecule has 0 N–H and O–H groups in total. The van der Waals surface area contributed by atoms with E-state index in [1.807, 2.05) is 0 Å². The highest BCUT2D eigenvalue weighted by Gasteiger charge is 2.57. The van der Waals surface area contributed by atoms with Crippen LogP contribution in [0.4, 0.5) is 0 Å². The van der Waals surface area contributed by atoms with E-state index in [1.54, 1.807) is 5.57 Å². The van der Waals surface area contributed by atoms with Crippen molar-refractivity contribution in [2.75, 3.05) is 0 Å². The van der Waals surface area contributed by atoms with Crippen molar-refractivity contribution in [3.63, 3.8) is 0 Å². The molecule has 0 amide bonds. The first kappa shape index (κ1) is 21.7. The Morgan fingerprint density at radius 3 is 2.57 bits per heavy atom. The zero-order valence-corrected chi connectivity index (χ0v) is 19.2. The molecule has 0 spiro atoms. The van der Waals surface area contributed by atoms with Crippen molar-refractivity contribution >= 4 is 0 Å². The van der Waals surface area contributed by atoms with Gasteiger partial charge in [0, 0.05) is 0 Å². The van der Waals surface area contributed by atoms with Crippen molar-refractivity contribution in [1.82, 2.24) is 0 Å². The van der Waals surface area contributed by atoms with E-state index in [4.69, 9.17) is 0 Å². The third-order valence-corrected chi connectivity index (χ3v) is 8.95. The molecule has 3 rings (SSSR count). The lowest BCUT2D eigenvalue weighted by Gasteiger charge is -2.51. The summed E-state index contributed by atoms with van der Waals surface area (Å²) < 4.78 is 0. The maximum absolute atomic E-state index is 4.33. The van der Waals surface area contributed by atoms with Gasteiger partial charge in [0.05, 0.1) is 0 Å². The molecule has 2 unspecified atom stereocenters. The van der Waals surface area contributed by atoms with Crippen molar-refractivity contribution in [1.29, 1.82) is 0 Å². The SMILES string of the molecule is C=C(C)CCC[C@@H](C)C1CC[C@@]2(C)/C(=C/C=C3/CCCCC3=C)CCCC12C. The normalized spacial score (nSPS) is 37.3. The first-order valence-corrected chi connectivity index (χ1v) is 12.0. The average molecular weight is 381 g/mol. The van der Waals surface area contributed by atoms with Gasteiger partial charge in [-0.3, -0.25) is 0 Å². The Kier molecular flexibility index (Phi) is 6.78. The summed E-state index contributed by atoms with van der Waals surface area (Å²) in [6.07, 6.45) is 20.9. The van der Waals surface area contributed by atoms with Crippen LogP contribution in [0.15, 0.2) is 47.6 Å². The molecule has 0 aromatic carbocycles. The second-order valence-electron chi connectivity index (χ2n) is 10.8. The Bertz CT molecular complexity index is 660. The maximum atomic E-state index is 4.33. The molecule has 3 aliphatic carbocycles. The number of rotatable bonds is 6. The molecule has 4 atom stereocenters. The maximum Gasteiger partial charge on any atom is -0.00566 e. The van der Waals surface area contributed by atoms with Crippen molar-refractivity contribution in [2.45, 2.75) is 105 Å². The Hall–Kier alpha value is -1.04. The monoisotopic (exact) mass is 380 g/mol. The van der Waals surface area contributed by atoms with Crippen LogP contribution in [0.25, 0.3) is 0 Å². The van der Waals surface area contributed by atoms with E-state index >= 15 is 0 Å². The van der Waals surface area contributed by atoms with Crippen LogP contribution < -0.4 is 0 Å². The van der Waals surface area contributed by atoms with Gasteiger partial charge in [-0.25, -0.2) is 0 Å². The van der Waals surface area contributed by atoms with Gasteiger partial charge >= 0.3 is 0 Å². The minimum Gasteiger partial charge on any atom is -0.100 e. The van der Waals surface area contributed by atoms with Crippen LogP contribution in [0.5, 0.6) is 0 Å². The molecule has 28 heavy (non-hydrogen) atoms. The fourth-order valence-corrected chi connectivity index (χ4v) is 6.87. The van der Waals surface area contributed by atoms with E-state index in [-0.39, 0.29) is 0 Å². The lowest BCUT2D eigenvalue weighted by Crippen LogP contribution is -2.43. The number of allylic oxidation sites excluding steroid dienone is 6. The fourth-order valence-electron chi connectivity index (χ4n) is 6.87. The minimum atomic E-state index is 0.394. The van der Waals surface area contributed by atoms with E-state index in [0.717, 1.165) is 11.8 Å². The largest absolute Gasteiger partial charge is 0.100 e. The Morgan fingerprint density at radius 2 is 1.86 bits per heavy atom. The third kappa shape index (κ3) is 4.12. The molecule has 0 aromatic rings. The van der Waals surface area contributed by atoms with Gasteiger partial charge in [-0.1, -0.05) is 62.6 Å². The van der Waals surface area contributed by atoms with Gasteiger partial charge in [0.25, 0.3) is 0 Å². The topological polar surface area (TPSA) is 0 Å². The summed E-state index contributed by atoms with van der Waals surface area (Å²) in [6, 6.07) is 0. The Morgan fingerprint density at radius 1 is 1.11 bits per heavy atom. The molecule has 156 valence electrons. The lowest BCUT2D eigenvalue weighted by molar-refractivity contribution is 0.0344. The van der Waals surface area contributed by atoms with Crippen LogP contribution in [0.2, 0.25) is 0 Å². The van der Waals surface area contributed by atoms with Crippen molar-refractivity contribution < 1.29 is 0 Å². The zero-order valence-electron chi connectivity index (χ0n) is 19.2. The first-order chi connectivity index (χ1) is 13.3. The smallest absolute Gasteiger partial charge is 0.00566 e. The second-order valence-corrected chi connectivity index (χ2v) is 10.8. The highest BCUT2D eigenvalue weighted by Crippen LogP contribution is 2.67. The van der Waals surface area contributed by atoms with E-state index in [1.165, 1.54) is 93.8 Å². The summed E-state index contributed by atoms with van der Waals surface area (Å²) in [4.78, 5) is 0. The quantitative estimate of drug-likeness (QED) is 0.403. The van der Waals surface area contributed by atoms with E-state index in [2.05, 4.69) is 53.0 Å². The summed E-state index contributed by atoms with van der Waals surface area (Å²) in [5, 5.41) is 0. The highest BCUT2D eigenvalue weighted by molar-refractivity contribution is 5.36. The zero-order chi connectivity index (χ0) is 20.4. The van der Waals surface area contributed by atoms with Gasteiger partial charge in [-0.15, -0.1) is 6.58 Å². The van der Waals surface area contributed by atoms with Gasteiger partial charge in [0.1, 0.15) is 0 Å². The van der Waals surface area contributed by atoms with Gasteiger partial charge in [-0.2, -0.15) is 0 Å². The predicted octanol–water partition coefficient (Wildman–Crippen LogP) is 8.96. The van der Waals surface area contributed by atoms with Gasteiger partial charge in [-0.05, 0) is 106 Å². The molecular weight excluding hydrogens is 336 g/mol. The lowest BCUT2D eigenvalue weighted by atomic mass is 9.53. The highest BCUT2D eigenvalue weighted by atomic mass is 14.6. The predicted molar refractivity (Wildman–Crippen MR) is 124 cm³/mol. The minimum absolute atomic E-state index is 0.394. The number of hydrogen-bond acceptors (Lipinski definition) is 0. The molecule has 0 radical (unpaired) electrons. The van der Waals surface area contributed by atoms with E-state index in [0.29, 0.717) is 10.8 Å². The summed E-state index contributed by atoms with van der Waals surface area (Å²) >= 11 is 0. The molecule has 0 nitrogen and oxygen atoms in total. The molecule has 0 aromatic heterocycles. The van der Waals surface area contributed by atoms with Gasteiger partial charge in [0.15, 0.2) is 0 Å².